The molecule has 6 heteroatoms. The van der Waals surface area contributed by atoms with Crippen LogP contribution in [0, 0.1) is 12.7 Å². The molecule has 5 aromatic rings. The fourth-order valence-electron chi connectivity index (χ4n) is 5.12. The molecule has 0 unspecified atom stereocenters. The molecule has 0 spiro atoms. The second-order valence-corrected chi connectivity index (χ2v) is 10.2. The van der Waals surface area contributed by atoms with Crippen LogP contribution in [0.25, 0.3) is 22.0 Å². The van der Waals surface area contributed by atoms with Gasteiger partial charge in [-0.05, 0) is 60.5 Å². The standard InChI is InChI=1S/C32H23BrFN3O/c1-20-30(31(22-10-6-3-7-11-22)26-18-24(33)14-17-27(26)35-20)28-19-29(21-8-4-2-5-9-21)37(36-28)32(38)23-12-15-25(34)16-13-23/h2-18,29H,19H2,1H3/t29-/m1/s1. The number of rotatable bonds is 4. The van der Waals surface area contributed by atoms with Gasteiger partial charge < -0.3 is 0 Å². The minimum absolute atomic E-state index is 0.274. The van der Waals surface area contributed by atoms with E-state index >= 15 is 0 Å². The van der Waals surface area contributed by atoms with E-state index in [0.29, 0.717) is 12.0 Å². The largest absolute Gasteiger partial charge is 0.274 e. The minimum atomic E-state index is -0.386. The van der Waals surface area contributed by atoms with Crippen LogP contribution in [0.3, 0.4) is 0 Å². The van der Waals surface area contributed by atoms with Crippen molar-refractivity contribution in [1.82, 2.24) is 9.99 Å². The molecule has 2 heterocycles. The van der Waals surface area contributed by atoms with Gasteiger partial charge >= 0.3 is 0 Å². The Labute approximate surface area is 228 Å². The highest BCUT2D eigenvalue weighted by Gasteiger charge is 2.35. The summed E-state index contributed by atoms with van der Waals surface area (Å²) in [6.45, 7) is 1.99. The molecule has 1 amide bonds. The summed E-state index contributed by atoms with van der Waals surface area (Å²) in [7, 11) is 0. The van der Waals surface area contributed by atoms with Crippen molar-refractivity contribution in [2.45, 2.75) is 19.4 Å². The lowest BCUT2D eigenvalue weighted by Gasteiger charge is -2.22. The van der Waals surface area contributed by atoms with Gasteiger partial charge in [0.05, 0.1) is 17.3 Å². The van der Waals surface area contributed by atoms with Crippen LogP contribution < -0.4 is 0 Å². The molecule has 186 valence electrons. The topological polar surface area (TPSA) is 45.6 Å². The summed E-state index contributed by atoms with van der Waals surface area (Å²) < 4.78 is 14.6. The van der Waals surface area contributed by atoms with Gasteiger partial charge in [0.25, 0.3) is 5.91 Å². The molecule has 1 aliphatic rings. The SMILES string of the molecule is Cc1nc2ccc(Br)cc2c(-c2ccccc2)c1C1=NN(C(=O)c2ccc(F)cc2)[C@@H](c2ccccc2)C1. The summed E-state index contributed by atoms with van der Waals surface area (Å²) in [5.41, 5.74) is 6.92. The van der Waals surface area contributed by atoms with Gasteiger partial charge in [-0.2, -0.15) is 5.10 Å². The van der Waals surface area contributed by atoms with Crippen molar-refractivity contribution >= 4 is 38.5 Å². The number of aromatic nitrogens is 1. The molecule has 0 bridgehead atoms. The lowest BCUT2D eigenvalue weighted by Crippen LogP contribution is -2.27. The van der Waals surface area contributed by atoms with Crippen LogP contribution in [-0.2, 0) is 0 Å². The third-order valence-corrected chi connectivity index (χ3v) is 7.37. The molecule has 1 aliphatic heterocycles. The van der Waals surface area contributed by atoms with E-state index in [1.165, 1.54) is 29.3 Å². The lowest BCUT2D eigenvalue weighted by molar-refractivity contribution is 0.0711. The smallest absolute Gasteiger partial charge is 0.267 e. The van der Waals surface area contributed by atoms with Gasteiger partial charge in [-0.15, -0.1) is 0 Å². The maximum atomic E-state index is 13.7. The maximum absolute atomic E-state index is 13.7. The fourth-order valence-corrected chi connectivity index (χ4v) is 5.49. The third kappa shape index (κ3) is 4.41. The number of hydrogen-bond acceptors (Lipinski definition) is 3. The zero-order valence-corrected chi connectivity index (χ0v) is 22.2. The third-order valence-electron chi connectivity index (χ3n) is 6.87. The van der Waals surface area contributed by atoms with Crippen LogP contribution in [0.2, 0.25) is 0 Å². The zero-order chi connectivity index (χ0) is 26.2. The Morgan fingerprint density at radius 2 is 1.58 bits per heavy atom. The van der Waals surface area contributed by atoms with E-state index < -0.39 is 0 Å². The summed E-state index contributed by atoms with van der Waals surface area (Å²) in [5.74, 6) is -0.660. The van der Waals surface area contributed by atoms with Crippen molar-refractivity contribution in [3.63, 3.8) is 0 Å². The average Bonchev–Trinajstić information content (AvgIpc) is 3.38. The summed E-state index contributed by atoms with van der Waals surface area (Å²) in [4.78, 5) is 18.6. The summed E-state index contributed by atoms with van der Waals surface area (Å²) in [6, 6.07) is 31.5. The molecule has 0 saturated heterocycles. The molecule has 4 aromatic carbocycles. The zero-order valence-electron chi connectivity index (χ0n) is 20.6. The van der Waals surface area contributed by atoms with E-state index in [1.807, 2.05) is 67.6 Å². The highest BCUT2D eigenvalue weighted by Crippen LogP contribution is 2.40. The molecule has 6 rings (SSSR count). The second-order valence-electron chi connectivity index (χ2n) is 9.31. The average molecular weight is 564 g/mol. The van der Waals surface area contributed by atoms with Crippen LogP contribution >= 0.6 is 15.9 Å². The van der Waals surface area contributed by atoms with Crippen LogP contribution in [0.4, 0.5) is 4.39 Å². The van der Waals surface area contributed by atoms with Crippen molar-refractivity contribution in [3.8, 4) is 11.1 Å². The highest BCUT2D eigenvalue weighted by atomic mass is 79.9. The monoisotopic (exact) mass is 563 g/mol. The highest BCUT2D eigenvalue weighted by molar-refractivity contribution is 9.10. The molecule has 0 aliphatic carbocycles. The number of benzene rings is 4. The first kappa shape index (κ1) is 24.2. The molecule has 4 nitrogen and oxygen atoms in total. The maximum Gasteiger partial charge on any atom is 0.274 e. The van der Waals surface area contributed by atoms with Crippen molar-refractivity contribution in [3.05, 3.63) is 136 Å². The van der Waals surface area contributed by atoms with E-state index in [9.17, 15) is 9.18 Å². The first-order chi connectivity index (χ1) is 18.5. The normalized spacial score (nSPS) is 15.1. The minimum Gasteiger partial charge on any atom is -0.267 e. The van der Waals surface area contributed by atoms with Gasteiger partial charge in [0.15, 0.2) is 0 Å². The number of carbonyl (C=O) groups is 1. The number of aryl methyl sites for hydroxylation is 1. The molecule has 0 N–H and O–H groups in total. The first-order valence-corrected chi connectivity index (χ1v) is 13.2. The fraction of sp³-hybridized carbons (Fsp3) is 0.0938. The number of halogens is 2. The van der Waals surface area contributed by atoms with E-state index in [0.717, 1.165) is 49.0 Å². The van der Waals surface area contributed by atoms with Crippen molar-refractivity contribution in [2.75, 3.05) is 0 Å². The molecule has 1 aromatic heterocycles. The van der Waals surface area contributed by atoms with Crippen LogP contribution in [-0.4, -0.2) is 21.6 Å². The van der Waals surface area contributed by atoms with Crippen molar-refractivity contribution in [2.24, 2.45) is 5.10 Å². The molecule has 0 saturated carbocycles. The van der Waals surface area contributed by atoms with Crippen LogP contribution in [0.15, 0.2) is 113 Å². The van der Waals surface area contributed by atoms with Crippen molar-refractivity contribution in [1.29, 1.82) is 0 Å². The summed E-state index contributed by atoms with van der Waals surface area (Å²) in [6.07, 6.45) is 0.527. The Kier molecular flexibility index (Phi) is 6.34. The molecule has 0 radical (unpaired) electrons. The van der Waals surface area contributed by atoms with Gasteiger partial charge in [-0.3, -0.25) is 9.78 Å². The second kappa shape index (κ2) is 9.95. The first-order valence-electron chi connectivity index (χ1n) is 12.4. The Balaban J connectivity index is 1.56. The molecular weight excluding hydrogens is 541 g/mol. The number of carbonyl (C=O) groups excluding carboxylic acids is 1. The van der Waals surface area contributed by atoms with Gasteiger partial charge in [0.1, 0.15) is 5.82 Å². The quantitative estimate of drug-likeness (QED) is 0.221. The summed E-state index contributed by atoms with van der Waals surface area (Å²) in [5, 5.41) is 7.49. The van der Waals surface area contributed by atoms with Gasteiger partial charge in [-0.25, -0.2) is 9.40 Å². The van der Waals surface area contributed by atoms with E-state index in [1.54, 1.807) is 0 Å². The summed E-state index contributed by atoms with van der Waals surface area (Å²) >= 11 is 3.63. The van der Waals surface area contributed by atoms with Gasteiger partial charge in [-0.1, -0.05) is 76.6 Å². The number of hydrogen-bond donors (Lipinski definition) is 0. The van der Waals surface area contributed by atoms with Crippen LogP contribution in [0.5, 0.6) is 0 Å². The molecule has 38 heavy (non-hydrogen) atoms. The number of nitrogens with zero attached hydrogens (tertiary/aromatic N) is 3. The lowest BCUT2D eigenvalue weighted by atomic mass is 9.89. The van der Waals surface area contributed by atoms with E-state index in [2.05, 4.69) is 34.1 Å². The Bertz CT molecular complexity index is 1690. The Hall–Kier alpha value is -4.16. The van der Waals surface area contributed by atoms with E-state index in [-0.39, 0.29) is 17.8 Å². The van der Waals surface area contributed by atoms with Crippen molar-refractivity contribution < 1.29 is 9.18 Å². The number of amides is 1. The molecular formula is C32H23BrFN3O. The number of hydrazone groups is 1. The Morgan fingerprint density at radius 1 is 0.895 bits per heavy atom. The number of pyridine rings is 1. The predicted molar refractivity (Wildman–Crippen MR) is 153 cm³/mol. The predicted octanol–water partition coefficient (Wildman–Crippen LogP) is 8.10. The molecule has 0 fully saturated rings. The van der Waals surface area contributed by atoms with Gasteiger partial charge in [0, 0.05) is 38.7 Å². The number of fused-ring (bicyclic) bond motifs is 1. The molecule has 1 atom stereocenters. The van der Waals surface area contributed by atoms with Gasteiger partial charge in [0.2, 0.25) is 0 Å². The van der Waals surface area contributed by atoms with Crippen LogP contribution in [0.1, 0.15) is 39.6 Å². The Morgan fingerprint density at radius 3 is 2.29 bits per heavy atom. The van der Waals surface area contributed by atoms with E-state index in [4.69, 9.17) is 10.1 Å².